The van der Waals surface area contributed by atoms with Crippen LogP contribution in [0.4, 0.5) is 0 Å². The van der Waals surface area contributed by atoms with Crippen LogP contribution in [0.1, 0.15) is 85.1 Å². The van der Waals surface area contributed by atoms with E-state index in [0.717, 1.165) is 4.90 Å². The number of aliphatic hydroxyl groups is 1. The minimum atomic E-state index is -1.19. The lowest BCUT2D eigenvalue weighted by atomic mass is 10.1. The average Bonchev–Trinajstić information content (AvgIpc) is 3.04. The molecule has 0 bridgehead atoms. The van der Waals surface area contributed by atoms with Crippen molar-refractivity contribution in [3.8, 4) is 11.5 Å². The maximum atomic E-state index is 12.1. The molecule has 0 aliphatic carbocycles. The molecule has 1 heterocycles. The van der Waals surface area contributed by atoms with E-state index in [9.17, 15) is 34.2 Å². The van der Waals surface area contributed by atoms with Gasteiger partial charge >= 0.3 is 5.97 Å². The molecule has 3 amide bonds. The average molecular weight is 639 g/mol. The van der Waals surface area contributed by atoms with E-state index in [2.05, 4.69) is 5.32 Å². The molecule has 1 aromatic rings. The van der Waals surface area contributed by atoms with Gasteiger partial charge in [0.2, 0.25) is 18.6 Å². The minimum absolute atomic E-state index is 0.0263. The number of benzene rings is 1. The number of carbonyl (C=O) groups excluding carboxylic acids is 4. The summed E-state index contributed by atoms with van der Waals surface area (Å²) >= 11 is 0. The number of aliphatic carboxylic acids is 1. The third-order valence-corrected chi connectivity index (χ3v) is 6.08. The van der Waals surface area contributed by atoms with Gasteiger partial charge in [0.1, 0.15) is 18.1 Å². The van der Waals surface area contributed by atoms with Crippen LogP contribution >= 0.6 is 0 Å². The van der Waals surface area contributed by atoms with Crippen molar-refractivity contribution >= 4 is 30.7 Å². The fraction of sp³-hybridized carbons (Fsp3) is 0.594. The Bertz CT molecular complexity index is 1050. The smallest absolute Gasteiger partial charge is 0.333 e. The highest BCUT2D eigenvalue weighted by Gasteiger charge is 2.34. The zero-order chi connectivity index (χ0) is 34.0. The highest BCUT2D eigenvalue weighted by molar-refractivity contribution is 5.94. The molecule has 0 aromatic heterocycles. The number of nitrogens with one attached hydrogen (secondary N) is 1. The number of carbonyl (C=O) groups is 5. The Kier molecular flexibility index (Phi) is 23.1. The molecule has 3 N–H and O–H groups in total. The highest BCUT2D eigenvalue weighted by atomic mass is 16.7. The second kappa shape index (κ2) is 25.4. The topological polar surface area (TPSA) is 178 Å². The molecule has 1 saturated heterocycles. The molecular formula is C32H50N2O11. The second-order valence-corrected chi connectivity index (χ2v) is 9.31. The molecule has 1 aromatic carbocycles. The van der Waals surface area contributed by atoms with Crippen LogP contribution in [-0.4, -0.2) is 84.0 Å². The van der Waals surface area contributed by atoms with Crippen molar-refractivity contribution in [2.75, 3.05) is 19.7 Å². The molecule has 3 atom stereocenters. The quantitative estimate of drug-likeness (QED) is 0.114. The van der Waals surface area contributed by atoms with Gasteiger partial charge in [-0.1, -0.05) is 40.2 Å². The summed E-state index contributed by atoms with van der Waals surface area (Å²) in [5.74, 6) is -0.980. The first-order valence-corrected chi connectivity index (χ1v) is 15.5. The SMILES string of the molecule is C/C=C\C(=O)N(C=O)CCCCCC(=O)NCCCOc1cc(OC2CC(O)CC(C(=O)O)O2)ccc1COC=O.CC.CC. The molecule has 254 valence electrons. The van der Waals surface area contributed by atoms with Crippen LogP contribution in [0.3, 0.4) is 0 Å². The van der Waals surface area contributed by atoms with Gasteiger partial charge in [0.25, 0.3) is 12.4 Å². The van der Waals surface area contributed by atoms with Crippen LogP contribution in [0.25, 0.3) is 0 Å². The van der Waals surface area contributed by atoms with Gasteiger partial charge < -0.3 is 34.5 Å². The number of carboxylic acid groups (broad SMARTS) is 1. The fourth-order valence-corrected chi connectivity index (χ4v) is 4.00. The van der Waals surface area contributed by atoms with Gasteiger partial charge in [0, 0.05) is 44.0 Å². The number of imide groups is 1. The van der Waals surface area contributed by atoms with Gasteiger partial charge in [-0.15, -0.1) is 0 Å². The van der Waals surface area contributed by atoms with Gasteiger partial charge in [-0.2, -0.15) is 0 Å². The van der Waals surface area contributed by atoms with Gasteiger partial charge in [-0.25, -0.2) is 4.79 Å². The first-order chi connectivity index (χ1) is 21.8. The standard InChI is InChI=1S/C28H38N2O11.2C2H6/c1-2-7-26(35)30(18-31)12-5-3-4-8-25(34)29-11-6-13-39-23-16-22(10-9-20(23)17-38-19-32)40-27-15-21(33)14-24(41-27)28(36)37;2*1-2/h2,7,9-10,16,18-19,21,24,27,33H,3-6,8,11-15,17H2,1H3,(H,29,34)(H,36,37);2*1-2H3/b7-2-;;. The number of hydrogen-bond acceptors (Lipinski definition) is 10. The molecule has 45 heavy (non-hydrogen) atoms. The third-order valence-electron chi connectivity index (χ3n) is 6.08. The molecule has 0 saturated carbocycles. The Hall–Kier alpha value is -3.97. The Morgan fingerprint density at radius 3 is 2.44 bits per heavy atom. The van der Waals surface area contributed by atoms with Crippen LogP contribution in [-0.2, 0) is 40.1 Å². The normalized spacial score (nSPS) is 17.0. The van der Waals surface area contributed by atoms with Gasteiger partial charge in [-0.3, -0.25) is 24.1 Å². The van der Waals surface area contributed by atoms with E-state index in [1.165, 1.54) is 6.08 Å². The lowest BCUT2D eigenvalue weighted by Crippen LogP contribution is -2.42. The molecule has 13 nitrogen and oxygen atoms in total. The van der Waals surface area contributed by atoms with E-state index in [1.807, 2.05) is 27.7 Å². The summed E-state index contributed by atoms with van der Waals surface area (Å²) < 4.78 is 21.8. The van der Waals surface area contributed by atoms with E-state index < -0.39 is 24.5 Å². The Morgan fingerprint density at radius 1 is 1.07 bits per heavy atom. The number of allylic oxidation sites excluding steroid dienone is 1. The number of aliphatic hydroxyl groups excluding tert-OH is 1. The van der Waals surface area contributed by atoms with Crippen molar-refractivity contribution < 1.29 is 53.1 Å². The molecule has 3 unspecified atom stereocenters. The van der Waals surface area contributed by atoms with E-state index >= 15 is 0 Å². The maximum Gasteiger partial charge on any atom is 0.333 e. The van der Waals surface area contributed by atoms with Gasteiger partial charge in [0.05, 0.1) is 12.7 Å². The molecule has 2 rings (SSSR count). The van der Waals surface area contributed by atoms with Crippen molar-refractivity contribution in [1.29, 1.82) is 0 Å². The molecule has 13 heteroatoms. The summed E-state index contributed by atoms with van der Waals surface area (Å²) in [6.07, 6.45) is 3.17. The molecule has 0 radical (unpaired) electrons. The van der Waals surface area contributed by atoms with E-state index in [1.54, 1.807) is 31.2 Å². The second-order valence-electron chi connectivity index (χ2n) is 9.31. The summed E-state index contributed by atoms with van der Waals surface area (Å²) in [7, 11) is 0. The Balaban J connectivity index is 0.00000464. The summed E-state index contributed by atoms with van der Waals surface area (Å²) in [4.78, 5) is 57.8. The Morgan fingerprint density at radius 2 is 1.80 bits per heavy atom. The van der Waals surface area contributed by atoms with Crippen LogP contribution in [0, 0.1) is 0 Å². The highest BCUT2D eigenvalue weighted by Crippen LogP contribution is 2.29. The number of amides is 3. The van der Waals surface area contributed by atoms with Crippen LogP contribution in [0.15, 0.2) is 30.4 Å². The van der Waals surface area contributed by atoms with Gasteiger partial charge in [-0.05, 0) is 44.4 Å². The van der Waals surface area contributed by atoms with Gasteiger partial charge in [0.15, 0.2) is 6.10 Å². The summed E-state index contributed by atoms with van der Waals surface area (Å²) in [6.45, 7) is 10.9. The first-order valence-electron chi connectivity index (χ1n) is 15.5. The molecule has 0 spiro atoms. The monoisotopic (exact) mass is 638 g/mol. The molecule has 1 aliphatic rings. The Labute approximate surface area is 265 Å². The predicted molar refractivity (Wildman–Crippen MR) is 166 cm³/mol. The molecule has 1 aliphatic heterocycles. The molecular weight excluding hydrogens is 588 g/mol. The maximum absolute atomic E-state index is 12.1. The third kappa shape index (κ3) is 17.2. The summed E-state index contributed by atoms with van der Waals surface area (Å²) in [6, 6.07) is 4.78. The van der Waals surface area contributed by atoms with Crippen molar-refractivity contribution in [2.45, 2.75) is 105 Å². The number of ether oxygens (including phenoxy) is 4. The summed E-state index contributed by atoms with van der Waals surface area (Å²) in [5.41, 5.74) is 0.571. The number of rotatable bonds is 19. The predicted octanol–water partition coefficient (Wildman–Crippen LogP) is 3.75. The largest absolute Gasteiger partial charge is 0.493 e. The van der Waals surface area contributed by atoms with Crippen molar-refractivity contribution in [3.63, 3.8) is 0 Å². The van der Waals surface area contributed by atoms with Crippen LogP contribution < -0.4 is 14.8 Å². The lowest BCUT2D eigenvalue weighted by molar-refractivity contribution is -0.195. The van der Waals surface area contributed by atoms with Crippen molar-refractivity contribution in [3.05, 3.63) is 35.9 Å². The van der Waals surface area contributed by atoms with E-state index in [-0.39, 0.29) is 37.9 Å². The van der Waals surface area contributed by atoms with Crippen molar-refractivity contribution in [1.82, 2.24) is 10.2 Å². The van der Waals surface area contributed by atoms with E-state index in [4.69, 9.17) is 18.9 Å². The van der Waals surface area contributed by atoms with Crippen LogP contribution in [0.2, 0.25) is 0 Å². The number of carboxylic acids is 1. The first kappa shape index (κ1) is 41.0. The zero-order valence-electron chi connectivity index (χ0n) is 27.1. The lowest BCUT2D eigenvalue weighted by Gasteiger charge is -2.31. The fourth-order valence-electron chi connectivity index (χ4n) is 4.00. The summed E-state index contributed by atoms with van der Waals surface area (Å²) in [5, 5.41) is 22.0. The minimum Gasteiger partial charge on any atom is -0.493 e. The van der Waals surface area contributed by atoms with Crippen LogP contribution in [0.5, 0.6) is 11.5 Å². The number of unbranched alkanes of at least 4 members (excludes halogenated alkanes) is 2. The van der Waals surface area contributed by atoms with E-state index in [0.29, 0.717) is 75.1 Å². The molecule has 1 fully saturated rings. The van der Waals surface area contributed by atoms with Crippen molar-refractivity contribution in [2.24, 2.45) is 0 Å². The number of nitrogens with zero attached hydrogens (tertiary/aromatic N) is 1. The zero-order valence-corrected chi connectivity index (χ0v) is 27.1. The number of hydrogen-bond donors (Lipinski definition) is 3.